The van der Waals surface area contributed by atoms with Gasteiger partial charge in [0.25, 0.3) is 0 Å². The molecule has 2 rings (SSSR count). The maximum absolute atomic E-state index is 12.6. The van der Waals surface area contributed by atoms with E-state index in [1.807, 2.05) is 50.1 Å². The highest BCUT2D eigenvalue weighted by Crippen LogP contribution is 2.23. The summed E-state index contributed by atoms with van der Waals surface area (Å²) in [5.41, 5.74) is 0.596. The second kappa shape index (κ2) is 7.99. The monoisotopic (exact) mass is 334 g/mol. The summed E-state index contributed by atoms with van der Waals surface area (Å²) in [6, 6.07) is 7.71. The maximum atomic E-state index is 12.6. The van der Waals surface area contributed by atoms with Crippen LogP contribution < -0.4 is 10.1 Å². The average Bonchev–Trinajstić information content (AvgIpc) is 2.53. The number of carbonyl (C=O) groups excluding carboxylic acids is 1. The second-order valence-electron chi connectivity index (χ2n) is 7.41. The first-order valence-corrected chi connectivity index (χ1v) is 8.63. The van der Waals surface area contributed by atoms with Crippen molar-refractivity contribution in [2.45, 2.75) is 39.3 Å². The third kappa shape index (κ3) is 4.95. The van der Waals surface area contributed by atoms with Crippen LogP contribution in [0.15, 0.2) is 24.3 Å². The van der Waals surface area contributed by atoms with Gasteiger partial charge < -0.3 is 14.8 Å². The number of nitrogens with zero attached hydrogens (tertiary/aromatic N) is 1. The first-order chi connectivity index (χ1) is 11.3. The summed E-state index contributed by atoms with van der Waals surface area (Å²) in [6.45, 7) is 10.9. The van der Waals surface area contributed by atoms with Crippen LogP contribution >= 0.6 is 0 Å². The number of benzene rings is 1. The van der Waals surface area contributed by atoms with Crippen LogP contribution in [0, 0.1) is 5.92 Å². The lowest BCUT2D eigenvalue weighted by Gasteiger charge is -2.35. The summed E-state index contributed by atoms with van der Waals surface area (Å²) in [6.07, 6.45) is 0. The summed E-state index contributed by atoms with van der Waals surface area (Å²) < 4.78 is 11.2. The fraction of sp³-hybridized carbons (Fsp3) is 0.632. The Labute approximate surface area is 145 Å². The van der Waals surface area contributed by atoms with E-state index in [1.165, 1.54) is 0 Å². The SMILES string of the molecule is CC(C)COc1ccc(C(C)(C)NC(=O)C2COCCN2C)cc1. The first-order valence-electron chi connectivity index (χ1n) is 8.63. The molecule has 0 bridgehead atoms. The van der Waals surface area contributed by atoms with Crippen LogP contribution in [0.1, 0.15) is 33.3 Å². The van der Waals surface area contributed by atoms with Crippen LogP contribution in [0.25, 0.3) is 0 Å². The van der Waals surface area contributed by atoms with Crippen LogP contribution in [0.4, 0.5) is 0 Å². The van der Waals surface area contributed by atoms with Crippen molar-refractivity contribution in [3.63, 3.8) is 0 Å². The van der Waals surface area contributed by atoms with Crippen molar-refractivity contribution in [3.8, 4) is 5.75 Å². The van der Waals surface area contributed by atoms with E-state index >= 15 is 0 Å². The molecule has 1 unspecified atom stereocenters. The minimum Gasteiger partial charge on any atom is -0.493 e. The van der Waals surface area contributed by atoms with Crippen molar-refractivity contribution in [1.82, 2.24) is 10.2 Å². The topological polar surface area (TPSA) is 50.8 Å². The number of amides is 1. The zero-order chi connectivity index (χ0) is 17.7. The quantitative estimate of drug-likeness (QED) is 0.868. The van der Waals surface area contributed by atoms with Gasteiger partial charge in [-0.2, -0.15) is 0 Å². The van der Waals surface area contributed by atoms with Crippen LogP contribution in [0.3, 0.4) is 0 Å². The largest absolute Gasteiger partial charge is 0.493 e. The van der Waals surface area contributed by atoms with E-state index in [-0.39, 0.29) is 11.9 Å². The Kier molecular flexibility index (Phi) is 6.24. The van der Waals surface area contributed by atoms with E-state index in [4.69, 9.17) is 9.47 Å². The molecule has 1 heterocycles. The summed E-state index contributed by atoms with van der Waals surface area (Å²) in [5, 5.41) is 3.14. The van der Waals surface area contributed by atoms with Crippen molar-refractivity contribution in [2.24, 2.45) is 5.92 Å². The molecule has 1 N–H and O–H groups in total. The molecule has 1 aromatic rings. The highest BCUT2D eigenvalue weighted by Gasteiger charge is 2.31. The molecule has 0 saturated carbocycles. The number of hydrogen-bond acceptors (Lipinski definition) is 4. The average molecular weight is 334 g/mol. The predicted molar refractivity (Wildman–Crippen MR) is 95.2 cm³/mol. The van der Waals surface area contributed by atoms with E-state index in [0.29, 0.717) is 25.7 Å². The van der Waals surface area contributed by atoms with E-state index in [9.17, 15) is 4.79 Å². The molecule has 1 saturated heterocycles. The zero-order valence-corrected chi connectivity index (χ0v) is 15.5. The third-order valence-electron chi connectivity index (χ3n) is 4.29. The highest BCUT2D eigenvalue weighted by molar-refractivity contribution is 5.82. The Bertz CT molecular complexity index is 540. The Balaban J connectivity index is 1.99. The summed E-state index contributed by atoms with van der Waals surface area (Å²) in [5.74, 6) is 1.35. The lowest BCUT2D eigenvalue weighted by molar-refractivity contribution is -0.133. The predicted octanol–water partition coefficient (Wildman–Crippen LogP) is 2.40. The molecule has 1 aliphatic rings. The summed E-state index contributed by atoms with van der Waals surface area (Å²) in [7, 11) is 1.96. The van der Waals surface area contributed by atoms with Gasteiger partial charge in [-0.15, -0.1) is 0 Å². The van der Waals surface area contributed by atoms with Gasteiger partial charge in [0.2, 0.25) is 5.91 Å². The van der Waals surface area contributed by atoms with Gasteiger partial charge in [0.05, 0.1) is 25.4 Å². The Hall–Kier alpha value is -1.59. The molecule has 1 fully saturated rings. The number of carbonyl (C=O) groups is 1. The molecule has 5 heteroatoms. The molecule has 0 spiro atoms. The molecule has 1 aromatic carbocycles. The van der Waals surface area contributed by atoms with E-state index in [1.54, 1.807) is 0 Å². The third-order valence-corrected chi connectivity index (χ3v) is 4.29. The number of ether oxygens (including phenoxy) is 2. The Morgan fingerprint density at radius 2 is 2.04 bits per heavy atom. The molecule has 0 radical (unpaired) electrons. The van der Waals surface area contributed by atoms with E-state index < -0.39 is 5.54 Å². The van der Waals surface area contributed by atoms with Crippen LogP contribution in [0.2, 0.25) is 0 Å². The molecule has 5 nitrogen and oxygen atoms in total. The molecule has 134 valence electrons. The molecule has 24 heavy (non-hydrogen) atoms. The van der Waals surface area contributed by atoms with Gasteiger partial charge in [-0.25, -0.2) is 0 Å². The number of rotatable bonds is 6. The van der Waals surface area contributed by atoms with Crippen LogP contribution in [-0.2, 0) is 15.1 Å². The fourth-order valence-electron chi connectivity index (χ4n) is 2.66. The Morgan fingerprint density at radius 1 is 1.38 bits per heavy atom. The number of morpholine rings is 1. The lowest BCUT2D eigenvalue weighted by atomic mass is 9.93. The minimum atomic E-state index is -0.452. The second-order valence-corrected chi connectivity index (χ2v) is 7.41. The molecule has 0 aliphatic carbocycles. The maximum Gasteiger partial charge on any atom is 0.240 e. The summed E-state index contributed by atoms with van der Waals surface area (Å²) in [4.78, 5) is 14.6. The van der Waals surface area contributed by atoms with E-state index in [2.05, 4.69) is 19.2 Å². The molecular weight excluding hydrogens is 304 g/mol. The molecule has 0 aromatic heterocycles. The van der Waals surface area contributed by atoms with Gasteiger partial charge in [0, 0.05) is 6.54 Å². The minimum absolute atomic E-state index is 0.00216. The normalized spacial score (nSPS) is 19.3. The Morgan fingerprint density at radius 3 is 2.62 bits per heavy atom. The van der Waals surface area contributed by atoms with Crippen molar-refractivity contribution in [2.75, 3.05) is 33.4 Å². The molecule has 1 aliphatic heterocycles. The molecule has 1 amide bonds. The van der Waals surface area contributed by atoms with Gasteiger partial charge in [-0.3, -0.25) is 9.69 Å². The fourth-order valence-corrected chi connectivity index (χ4v) is 2.66. The molecular formula is C19H30N2O3. The van der Waals surface area contributed by atoms with Crippen LogP contribution in [0.5, 0.6) is 5.75 Å². The zero-order valence-electron chi connectivity index (χ0n) is 15.5. The number of likely N-dealkylation sites (N-methyl/N-ethyl adjacent to an activating group) is 1. The standard InChI is InChI=1S/C19H30N2O3/c1-14(2)12-24-16-8-6-15(7-9-16)19(3,4)20-18(22)17-13-23-11-10-21(17)5/h6-9,14,17H,10-13H2,1-5H3,(H,20,22). The van der Waals surface area contributed by atoms with Gasteiger partial charge in [0.15, 0.2) is 0 Å². The molecule has 1 atom stereocenters. The van der Waals surface area contributed by atoms with Gasteiger partial charge in [-0.05, 0) is 44.5 Å². The van der Waals surface area contributed by atoms with Gasteiger partial charge >= 0.3 is 0 Å². The van der Waals surface area contributed by atoms with Crippen molar-refractivity contribution < 1.29 is 14.3 Å². The van der Waals surface area contributed by atoms with E-state index in [0.717, 1.165) is 17.9 Å². The van der Waals surface area contributed by atoms with Gasteiger partial charge in [0.1, 0.15) is 11.8 Å². The lowest BCUT2D eigenvalue weighted by Crippen LogP contribution is -2.55. The van der Waals surface area contributed by atoms with Crippen molar-refractivity contribution in [1.29, 1.82) is 0 Å². The van der Waals surface area contributed by atoms with Crippen molar-refractivity contribution in [3.05, 3.63) is 29.8 Å². The van der Waals surface area contributed by atoms with Crippen LogP contribution in [-0.4, -0.2) is 50.3 Å². The number of hydrogen-bond donors (Lipinski definition) is 1. The van der Waals surface area contributed by atoms with Gasteiger partial charge in [-0.1, -0.05) is 26.0 Å². The van der Waals surface area contributed by atoms with Crippen molar-refractivity contribution >= 4 is 5.91 Å². The summed E-state index contributed by atoms with van der Waals surface area (Å²) >= 11 is 0. The first kappa shape index (κ1) is 18.7. The number of nitrogens with one attached hydrogen (secondary N) is 1. The highest BCUT2D eigenvalue weighted by atomic mass is 16.5. The smallest absolute Gasteiger partial charge is 0.240 e.